The van der Waals surface area contributed by atoms with Crippen molar-refractivity contribution < 1.29 is 47.6 Å². The predicted octanol–water partition coefficient (Wildman–Crippen LogP) is 1.51. The first-order chi connectivity index (χ1) is 15.6. The zero-order valence-corrected chi connectivity index (χ0v) is 19.3. The van der Waals surface area contributed by atoms with Crippen LogP contribution in [0.15, 0.2) is 11.8 Å². The summed E-state index contributed by atoms with van der Waals surface area (Å²) in [7, 11) is 0. The molecule has 2 aliphatic heterocycles. The van der Waals surface area contributed by atoms with Crippen molar-refractivity contribution in [3.8, 4) is 0 Å². The van der Waals surface area contributed by atoms with Gasteiger partial charge in [-0.2, -0.15) is 0 Å². The molecule has 10 nitrogen and oxygen atoms in total. The second-order valence-corrected chi connectivity index (χ2v) is 9.46. The Balaban J connectivity index is 1.72. The van der Waals surface area contributed by atoms with Crippen LogP contribution in [0.4, 0.5) is 0 Å². The van der Waals surface area contributed by atoms with Crippen LogP contribution in [0.25, 0.3) is 0 Å². The minimum absolute atomic E-state index is 0.0137. The normalized spacial score (nSPS) is 34.9. The van der Waals surface area contributed by atoms with E-state index < -0.39 is 41.2 Å². The van der Waals surface area contributed by atoms with Crippen LogP contribution >= 0.6 is 0 Å². The average Bonchev–Trinajstić information content (AvgIpc) is 3.62. The van der Waals surface area contributed by atoms with Crippen molar-refractivity contribution in [3.63, 3.8) is 0 Å². The summed E-state index contributed by atoms with van der Waals surface area (Å²) in [6.07, 6.45) is 2.08. The lowest BCUT2D eigenvalue weighted by molar-refractivity contribution is -0.193. The van der Waals surface area contributed by atoms with Gasteiger partial charge in [0.05, 0.1) is 18.8 Å². The van der Waals surface area contributed by atoms with E-state index in [4.69, 9.17) is 28.4 Å². The molecule has 10 heteroatoms. The SMILES string of the molecule is CC(=O)OCC1=COC(OC(C)=O)C2C1C1C(CCC23CO3)C1(COC(C)=O)COC(C)=O. The monoisotopic (exact) mass is 466 g/mol. The maximum Gasteiger partial charge on any atom is 0.305 e. The molecule has 6 atom stereocenters. The van der Waals surface area contributed by atoms with Gasteiger partial charge in [-0.3, -0.25) is 19.2 Å². The number of esters is 4. The summed E-state index contributed by atoms with van der Waals surface area (Å²) in [5, 5.41) is 0. The van der Waals surface area contributed by atoms with E-state index in [1.807, 2.05) is 0 Å². The van der Waals surface area contributed by atoms with Gasteiger partial charge in [0, 0.05) is 44.6 Å². The molecule has 182 valence electrons. The fourth-order valence-electron chi connectivity index (χ4n) is 5.93. The van der Waals surface area contributed by atoms with Gasteiger partial charge in [-0.1, -0.05) is 0 Å². The number of carbonyl (C=O) groups is 4. The molecule has 0 bridgehead atoms. The molecule has 0 aromatic heterocycles. The number of hydrogen-bond acceptors (Lipinski definition) is 10. The summed E-state index contributed by atoms with van der Waals surface area (Å²) in [4.78, 5) is 46.7. The lowest BCUT2D eigenvalue weighted by atomic mass is 9.71. The second kappa shape index (κ2) is 8.62. The van der Waals surface area contributed by atoms with Gasteiger partial charge >= 0.3 is 23.9 Å². The van der Waals surface area contributed by atoms with Crippen LogP contribution < -0.4 is 0 Å². The van der Waals surface area contributed by atoms with Gasteiger partial charge in [0.2, 0.25) is 6.29 Å². The third kappa shape index (κ3) is 4.45. The van der Waals surface area contributed by atoms with Crippen molar-refractivity contribution in [1.29, 1.82) is 0 Å². The Labute approximate surface area is 191 Å². The fourth-order valence-corrected chi connectivity index (χ4v) is 5.93. The molecule has 0 amide bonds. The van der Waals surface area contributed by atoms with Crippen molar-refractivity contribution in [3.05, 3.63) is 11.8 Å². The predicted molar refractivity (Wildman–Crippen MR) is 109 cm³/mol. The molecule has 0 radical (unpaired) electrons. The number of hydrogen-bond donors (Lipinski definition) is 0. The summed E-state index contributed by atoms with van der Waals surface area (Å²) in [5.41, 5.74) is -0.370. The molecule has 33 heavy (non-hydrogen) atoms. The molecular weight excluding hydrogens is 436 g/mol. The third-order valence-corrected chi connectivity index (χ3v) is 7.39. The van der Waals surface area contributed by atoms with Gasteiger partial charge in [0.25, 0.3) is 0 Å². The van der Waals surface area contributed by atoms with Crippen LogP contribution in [0.1, 0.15) is 40.5 Å². The maximum absolute atomic E-state index is 11.8. The third-order valence-electron chi connectivity index (χ3n) is 7.39. The van der Waals surface area contributed by atoms with Gasteiger partial charge in [0.1, 0.15) is 25.4 Å². The van der Waals surface area contributed by atoms with Crippen LogP contribution in [0.2, 0.25) is 0 Å². The van der Waals surface area contributed by atoms with Crippen LogP contribution in [-0.4, -0.2) is 62.2 Å². The van der Waals surface area contributed by atoms with Gasteiger partial charge in [0.15, 0.2) is 0 Å². The Hall–Kier alpha value is -2.62. The molecule has 0 N–H and O–H groups in total. The van der Waals surface area contributed by atoms with E-state index in [-0.39, 0.29) is 43.5 Å². The Morgan fingerprint density at radius 2 is 1.55 bits per heavy atom. The lowest BCUT2D eigenvalue weighted by Crippen LogP contribution is -2.48. The molecule has 4 rings (SSSR count). The van der Waals surface area contributed by atoms with Crippen molar-refractivity contribution in [2.45, 2.75) is 52.4 Å². The zero-order chi connectivity index (χ0) is 24.0. The highest BCUT2D eigenvalue weighted by Crippen LogP contribution is 2.72. The Morgan fingerprint density at radius 1 is 0.939 bits per heavy atom. The van der Waals surface area contributed by atoms with Crippen molar-refractivity contribution in [1.82, 2.24) is 0 Å². The highest BCUT2D eigenvalue weighted by Gasteiger charge is 2.76. The summed E-state index contributed by atoms with van der Waals surface area (Å²) in [5.74, 6) is -2.34. The first-order valence-electron chi connectivity index (χ1n) is 11.2. The number of rotatable bonds is 7. The Bertz CT molecular complexity index is 854. The number of ether oxygens (including phenoxy) is 6. The van der Waals surface area contributed by atoms with Gasteiger partial charge in [-0.15, -0.1) is 0 Å². The van der Waals surface area contributed by atoms with Crippen molar-refractivity contribution in [2.75, 3.05) is 26.4 Å². The Morgan fingerprint density at radius 3 is 2.06 bits per heavy atom. The molecule has 1 saturated heterocycles. The van der Waals surface area contributed by atoms with Crippen LogP contribution in [0.3, 0.4) is 0 Å². The van der Waals surface area contributed by atoms with E-state index in [1.54, 1.807) is 0 Å². The maximum atomic E-state index is 11.8. The minimum atomic E-state index is -0.865. The quantitative estimate of drug-likeness (QED) is 0.309. The fraction of sp³-hybridized carbons (Fsp3) is 0.739. The summed E-state index contributed by atoms with van der Waals surface area (Å²) >= 11 is 0. The lowest BCUT2D eigenvalue weighted by Gasteiger charge is -2.41. The topological polar surface area (TPSA) is 127 Å². The van der Waals surface area contributed by atoms with E-state index in [2.05, 4.69) is 0 Å². The molecule has 6 unspecified atom stereocenters. The molecule has 2 heterocycles. The molecule has 0 aromatic carbocycles. The summed E-state index contributed by atoms with van der Waals surface area (Å²) in [6.45, 7) is 6.04. The molecule has 0 aromatic rings. The smallest absolute Gasteiger partial charge is 0.305 e. The van der Waals surface area contributed by atoms with Gasteiger partial charge in [-0.25, -0.2) is 0 Å². The molecule has 3 fully saturated rings. The molecular formula is C23H30O10. The van der Waals surface area contributed by atoms with Crippen molar-refractivity contribution >= 4 is 23.9 Å². The molecule has 2 saturated carbocycles. The van der Waals surface area contributed by atoms with E-state index in [1.165, 1.54) is 34.0 Å². The first-order valence-corrected chi connectivity index (χ1v) is 11.2. The van der Waals surface area contributed by atoms with Gasteiger partial charge in [-0.05, 0) is 24.7 Å². The van der Waals surface area contributed by atoms with E-state index in [0.29, 0.717) is 13.0 Å². The average molecular weight is 466 g/mol. The van der Waals surface area contributed by atoms with Crippen molar-refractivity contribution in [2.24, 2.45) is 29.1 Å². The largest absolute Gasteiger partial charge is 0.465 e. The van der Waals surface area contributed by atoms with E-state index in [9.17, 15) is 19.2 Å². The standard InChI is InChI=1S/C23H30O10/c1-12(24)28-7-16-8-29-21(33-15(4)27)20-18(16)19-17(5-6-23(20)11-32-23)22(19,9-30-13(2)25)10-31-14(3)26/h8,17-21H,5-7,9-11H2,1-4H3. The Kier molecular flexibility index (Phi) is 6.15. The number of carbonyl (C=O) groups excluding carboxylic acids is 4. The first kappa shape index (κ1) is 23.5. The molecule has 4 aliphatic rings. The van der Waals surface area contributed by atoms with Crippen LogP contribution in [0, 0.1) is 29.1 Å². The van der Waals surface area contributed by atoms with E-state index in [0.717, 1.165) is 12.0 Å². The number of fused-ring (bicyclic) bond motifs is 4. The second-order valence-electron chi connectivity index (χ2n) is 9.46. The minimum Gasteiger partial charge on any atom is -0.465 e. The summed E-state index contributed by atoms with van der Waals surface area (Å²) < 4.78 is 33.4. The summed E-state index contributed by atoms with van der Waals surface area (Å²) in [6, 6.07) is 0. The molecule has 1 spiro atoms. The van der Waals surface area contributed by atoms with E-state index >= 15 is 0 Å². The number of epoxide rings is 1. The van der Waals surface area contributed by atoms with Crippen LogP contribution in [0.5, 0.6) is 0 Å². The molecule has 2 aliphatic carbocycles. The van der Waals surface area contributed by atoms with Crippen LogP contribution in [-0.2, 0) is 47.6 Å². The zero-order valence-electron chi connectivity index (χ0n) is 19.3. The highest BCUT2D eigenvalue weighted by molar-refractivity contribution is 5.67. The highest BCUT2D eigenvalue weighted by atomic mass is 16.7. The van der Waals surface area contributed by atoms with Gasteiger partial charge < -0.3 is 28.4 Å².